The standard InChI is InChI=1S/C20H22N2O6S/c1-13-4-9-18(10-14(13)2)29(26,27)21-11-20(25)28-12-19(24)22-17-7-5-16(6-8-17)15(3)23/h4-10,21H,11-12H2,1-3H3,(H,22,24). The molecule has 0 saturated carbocycles. The van der Waals surface area contributed by atoms with E-state index in [-0.39, 0.29) is 10.7 Å². The van der Waals surface area contributed by atoms with Crippen molar-refractivity contribution in [2.45, 2.75) is 25.7 Å². The number of esters is 1. The highest BCUT2D eigenvalue weighted by atomic mass is 32.2. The lowest BCUT2D eigenvalue weighted by Gasteiger charge is -2.09. The van der Waals surface area contributed by atoms with Crippen LogP contribution in [0, 0.1) is 13.8 Å². The first-order valence-corrected chi connectivity index (χ1v) is 10.2. The number of Topliss-reactive ketones (excluding diaryl/α,β-unsaturated/α-hetero) is 1. The van der Waals surface area contributed by atoms with Crippen molar-refractivity contribution in [1.82, 2.24) is 4.72 Å². The van der Waals surface area contributed by atoms with Gasteiger partial charge in [-0.15, -0.1) is 0 Å². The maximum atomic E-state index is 12.2. The number of hydrogen-bond donors (Lipinski definition) is 2. The van der Waals surface area contributed by atoms with Crippen molar-refractivity contribution in [3.63, 3.8) is 0 Å². The molecule has 0 aliphatic carbocycles. The van der Waals surface area contributed by atoms with Crippen LogP contribution in [-0.4, -0.2) is 39.2 Å². The summed E-state index contributed by atoms with van der Waals surface area (Å²) in [5.74, 6) is -1.58. The highest BCUT2D eigenvalue weighted by molar-refractivity contribution is 7.89. The lowest BCUT2D eigenvalue weighted by Crippen LogP contribution is -2.32. The minimum absolute atomic E-state index is 0.0418. The highest BCUT2D eigenvalue weighted by Crippen LogP contribution is 2.14. The highest BCUT2D eigenvalue weighted by Gasteiger charge is 2.17. The third-order valence-corrected chi connectivity index (χ3v) is 5.53. The first kappa shape index (κ1) is 22.3. The maximum Gasteiger partial charge on any atom is 0.321 e. The Hall–Kier alpha value is -3.04. The predicted octanol–water partition coefficient (Wildman–Crippen LogP) is 1.97. The van der Waals surface area contributed by atoms with Crippen molar-refractivity contribution in [1.29, 1.82) is 0 Å². The molecule has 0 aromatic heterocycles. The first-order chi connectivity index (χ1) is 13.6. The van der Waals surface area contributed by atoms with Gasteiger partial charge in [-0.1, -0.05) is 6.07 Å². The molecule has 1 amide bonds. The smallest absolute Gasteiger partial charge is 0.321 e. The van der Waals surface area contributed by atoms with Gasteiger partial charge in [0.2, 0.25) is 10.0 Å². The van der Waals surface area contributed by atoms with Gasteiger partial charge in [0.1, 0.15) is 6.54 Å². The molecule has 0 radical (unpaired) electrons. The zero-order valence-electron chi connectivity index (χ0n) is 16.3. The molecule has 2 aromatic carbocycles. The number of benzene rings is 2. The van der Waals surface area contributed by atoms with Crippen LogP contribution in [0.15, 0.2) is 47.4 Å². The monoisotopic (exact) mass is 418 g/mol. The van der Waals surface area contributed by atoms with Crippen molar-refractivity contribution in [2.75, 3.05) is 18.5 Å². The van der Waals surface area contributed by atoms with E-state index in [1.165, 1.54) is 19.1 Å². The Bertz CT molecular complexity index is 1030. The molecule has 154 valence electrons. The fraction of sp³-hybridized carbons (Fsp3) is 0.250. The van der Waals surface area contributed by atoms with Crippen LogP contribution in [0.5, 0.6) is 0 Å². The van der Waals surface area contributed by atoms with Crippen molar-refractivity contribution in [3.05, 3.63) is 59.2 Å². The van der Waals surface area contributed by atoms with Gasteiger partial charge in [-0.05, 0) is 68.3 Å². The third-order valence-electron chi connectivity index (χ3n) is 4.13. The Morgan fingerprint density at radius 1 is 0.966 bits per heavy atom. The fourth-order valence-corrected chi connectivity index (χ4v) is 3.35. The lowest BCUT2D eigenvalue weighted by molar-refractivity contribution is -0.146. The van der Waals surface area contributed by atoms with Crippen LogP contribution >= 0.6 is 0 Å². The first-order valence-electron chi connectivity index (χ1n) is 8.72. The summed E-state index contributed by atoms with van der Waals surface area (Å²) in [6.45, 7) is 3.91. The Labute approximate surface area is 169 Å². The van der Waals surface area contributed by atoms with Gasteiger partial charge in [-0.3, -0.25) is 14.4 Å². The fourth-order valence-electron chi connectivity index (χ4n) is 2.30. The SMILES string of the molecule is CC(=O)c1ccc(NC(=O)COC(=O)CNS(=O)(=O)c2ccc(C)c(C)c2)cc1. The van der Waals surface area contributed by atoms with Gasteiger partial charge in [-0.2, -0.15) is 4.72 Å². The number of ketones is 1. The largest absolute Gasteiger partial charge is 0.455 e. The van der Waals surface area contributed by atoms with Crippen LogP contribution in [0.4, 0.5) is 5.69 Å². The van der Waals surface area contributed by atoms with E-state index >= 15 is 0 Å². The summed E-state index contributed by atoms with van der Waals surface area (Å²) >= 11 is 0. The van der Waals surface area contributed by atoms with Gasteiger partial charge < -0.3 is 10.1 Å². The molecule has 0 spiro atoms. The molecule has 0 aliphatic rings. The van der Waals surface area contributed by atoms with Crippen molar-refractivity contribution in [3.8, 4) is 0 Å². The molecule has 0 unspecified atom stereocenters. The molecule has 2 N–H and O–H groups in total. The van der Waals surface area contributed by atoms with Crippen molar-refractivity contribution in [2.24, 2.45) is 0 Å². The minimum atomic E-state index is -3.87. The number of amides is 1. The van der Waals surface area contributed by atoms with E-state index in [0.717, 1.165) is 11.1 Å². The maximum absolute atomic E-state index is 12.2. The Morgan fingerprint density at radius 2 is 1.62 bits per heavy atom. The lowest BCUT2D eigenvalue weighted by atomic mass is 10.1. The normalized spacial score (nSPS) is 11.0. The van der Waals surface area contributed by atoms with Gasteiger partial charge in [0, 0.05) is 11.3 Å². The number of anilines is 1. The molecule has 2 rings (SSSR count). The van der Waals surface area contributed by atoms with Crippen molar-refractivity contribution < 1.29 is 27.5 Å². The number of sulfonamides is 1. The van der Waals surface area contributed by atoms with Gasteiger partial charge >= 0.3 is 5.97 Å². The minimum Gasteiger partial charge on any atom is -0.455 e. The molecule has 9 heteroatoms. The van der Waals surface area contributed by atoms with E-state index in [0.29, 0.717) is 11.3 Å². The van der Waals surface area contributed by atoms with E-state index in [4.69, 9.17) is 4.74 Å². The van der Waals surface area contributed by atoms with Crippen LogP contribution < -0.4 is 10.0 Å². The summed E-state index contributed by atoms with van der Waals surface area (Å²) in [7, 11) is -3.87. The summed E-state index contributed by atoms with van der Waals surface area (Å²) in [6, 6.07) is 10.9. The van der Waals surface area contributed by atoms with Crippen LogP contribution in [0.3, 0.4) is 0 Å². The zero-order chi connectivity index (χ0) is 21.6. The second-order valence-corrected chi connectivity index (χ2v) is 8.18. The molecular weight excluding hydrogens is 396 g/mol. The third kappa shape index (κ3) is 6.51. The van der Waals surface area contributed by atoms with Gasteiger partial charge in [-0.25, -0.2) is 8.42 Å². The number of nitrogens with one attached hydrogen (secondary N) is 2. The Morgan fingerprint density at radius 3 is 2.21 bits per heavy atom. The summed E-state index contributed by atoms with van der Waals surface area (Å²) in [6.07, 6.45) is 0. The number of aryl methyl sites for hydroxylation is 2. The van der Waals surface area contributed by atoms with Crippen LogP contribution in [0.25, 0.3) is 0 Å². The van der Waals surface area contributed by atoms with Crippen LogP contribution in [-0.2, 0) is 24.3 Å². The van der Waals surface area contributed by atoms with E-state index in [1.54, 1.807) is 37.3 Å². The molecule has 2 aromatic rings. The Kier molecular flexibility index (Phi) is 7.24. The molecular formula is C20H22N2O6S. The summed E-state index contributed by atoms with van der Waals surface area (Å²) < 4.78 is 31.4. The molecule has 0 heterocycles. The molecule has 0 atom stereocenters. The average Bonchev–Trinajstić information content (AvgIpc) is 2.67. The second kappa shape index (κ2) is 9.44. The molecule has 0 aliphatic heterocycles. The molecule has 0 fully saturated rings. The van der Waals surface area contributed by atoms with Gasteiger partial charge in [0.25, 0.3) is 5.91 Å². The number of carbonyl (C=O) groups excluding carboxylic acids is 3. The number of ether oxygens (including phenoxy) is 1. The second-order valence-electron chi connectivity index (χ2n) is 6.41. The average molecular weight is 418 g/mol. The van der Waals surface area contributed by atoms with E-state index in [9.17, 15) is 22.8 Å². The number of carbonyl (C=O) groups is 3. The molecule has 8 nitrogen and oxygen atoms in total. The van der Waals surface area contributed by atoms with E-state index in [2.05, 4.69) is 10.0 Å². The quantitative estimate of drug-likeness (QED) is 0.500. The summed E-state index contributed by atoms with van der Waals surface area (Å²) in [4.78, 5) is 34.8. The van der Waals surface area contributed by atoms with Gasteiger partial charge in [0.15, 0.2) is 12.4 Å². The molecule has 0 saturated heterocycles. The Balaban J connectivity index is 1.82. The topological polar surface area (TPSA) is 119 Å². The van der Waals surface area contributed by atoms with Crippen molar-refractivity contribution >= 4 is 33.4 Å². The zero-order valence-corrected chi connectivity index (χ0v) is 17.1. The summed E-state index contributed by atoms with van der Waals surface area (Å²) in [5.41, 5.74) is 2.70. The van der Waals surface area contributed by atoms with Crippen LogP contribution in [0.1, 0.15) is 28.4 Å². The van der Waals surface area contributed by atoms with Gasteiger partial charge in [0.05, 0.1) is 4.90 Å². The van der Waals surface area contributed by atoms with E-state index < -0.39 is 35.1 Å². The molecule has 0 bridgehead atoms. The predicted molar refractivity (Wildman–Crippen MR) is 107 cm³/mol. The van der Waals surface area contributed by atoms with Crippen LogP contribution in [0.2, 0.25) is 0 Å². The number of hydrogen-bond acceptors (Lipinski definition) is 6. The number of rotatable bonds is 8. The summed E-state index contributed by atoms with van der Waals surface area (Å²) in [5, 5.41) is 2.51. The molecule has 29 heavy (non-hydrogen) atoms. The van der Waals surface area contributed by atoms with E-state index in [1.807, 2.05) is 6.92 Å².